The fourth-order valence-corrected chi connectivity index (χ4v) is 3.69. The number of hydrogen-bond donors (Lipinski definition) is 1. The molecule has 0 spiro atoms. The molecule has 1 unspecified atom stereocenters. The molecule has 1 aromatic heterocycles. The van der Waals surface area contributed by atoms with Crippen molar-refractivity contribution in [3.05, 3.63) is 54.1 Å². The lowest BCUT2D eigenvalue weighted by molar-refractivity contribution is 0.893. The maximum Gasteiger partial charge on any atom is 0.0647 e. The molecule has 0 radical (unpaired) electrons. The van der Waals surface area contributed by atoms with E-state index in [4.69, 9.17) is 28.9 Å². The maximum absolute atomic E-state index is 6.21. The Morgan fingerprint density at radius 1 is 1.18 bits per heavy atom. The zero-order chi connectivity index (χ0) is 12.6. The molecule has 0 aliphatic heterocycles. The van der Waals surface area contributed by atoms with E-state index in [2.05, 4.69) is 22.9 Å². The fraction of sp³-hybridized carbons (Fsp3) is 0.167. The first-order valence-electron chi connectivity index (χ1n) is 4.95. The quantitative estimate of drug-likeness (QED) is 0.793. The average Bonchev–Trinajstić information content (AvgIpc) is 2.57. The van der Waals surface area contributed by atoms with Crippen molar-refractivity contribution in [1.82, 2.24) is 0 Å². The highest BCUT2D eigenvalue weighted by Crippen LogP contribution is 2.34. The van der Waals surface area contributed by atoms with Gasteiger partial charge < -0.3 is 5.73 Å². The first-order valence-corrected chi connectivity index (χ1v) is 7.31. The van der Waals surface area contributed by atoms with Crippen LogP contribution in [0.15, 0.2) is 28.7 Å². The number of rotatable bonds is 2. The highest BCUT2D eigenvalue weighted by atomic mass is 79.9. The van der Waals surface area contributed by atoms with Gasteiger partial charge in [0, 0.05) is 24.3 Å². The largest absolute Gasteiger partial charge is 0.320 e. The molecule has 17 heavy (non-hydrogen) atoms. The van der Waals surface area contributed by atoms with E-state index >= 15 is 0 Å². The third-order valence-corrected chi connectivity index (χ3v) is 5.08. The van der Waals surface area contributed by atoms with E-state index in [1.165, 1.54) is 4.88 Å². The van der Waals surface area contributed by atoms with Crippen LogP contribution < -0.4 is 5.73 Å². The lowest BCUT2D eigenvalue weighted by Crippen LogP contribution is -2.10. The van der Waals surface area contributed by atoms with Crippen LogP contribution in [-0.2, 0) is 0 Å². The zero-order valence-corrected chi connectivity index (χ0v) is 12.9. The summed E-state index contributed by atoms with van der Waals surface area (Å²) in [4.78, 5) is 2.30. The molecule has 1 atom stereocenters. The molecular formula is C12H10BrCl2NS. The van der Waals surface area contributed by atoms with E-state index in [1.54, 1.807) is 17.4 Å². The Kier molecular flexibility index (Phi) is 4.16. The van der Waals surface area contributed by atoms with Crippen LogP contribution in [0.4, 0.5) is 0 Å². The minimum Gasteiger partial charge on any atom is -0.320 e. The van der Waals surface area contributed by atoms with Crippen LogP contribution in [0.2, 0.25) is 10.0 Å². The number of thiophene rings is 1. The molecule has 1 aromatic carbocycles. The Bertz CT molecular complexity index is 514. The van der Waals surface area contributed by atoms with Gasteiger partial charge in [-0.3, -0.25) is 0 Å². The highest BCUT2D eigenvalue weighted by Gasteiger charge is 2.14. The number of hydrogen-bond acceptors (Lipinski definition) is 2. The summed E-state index contributed by atoms with van der Waals surface area (Å²) in [5.41, 5.74) is 7.14. The van der Waals surface area contributed by atoms with Crippen molar-refractivity contribution in [2.24, 2.45) is 5.73 Å². The van der Waals surface area contributed by atoms with E-state index in [0.717, 1.165) is 14.9 Å². The van der Waals surface area contributed by atoms with Crippen molar-refractivity contribution < 1.29 is 0 Å². The molecule has 0 amide bonds. The summed E-state index contributed by atoms with van der Waals surface area (Å²) in [6.45, 7) is 2.05. The van der Waals surface area contributed by atoms with Crippen molar-refractivity contribution in [1.29, 1.82) is 0 Å². The zero-order valence-electron chi connectivity index (χ0n) is 9.01. The first kappa shape index (κ1) is 13.4. The molecule has 0 aliphatic rings. The summed E-state index contributed by atoms with van der Waals surface area (Å²) in [7, 11) is 0. The molecule has 2 aromatic rings. The van der Waals surface area contributed by atoms with Crippen molar-refractivity contribution >= 4 is 50.5 Å². The second-order valence-electron chi connectivity index (χ2n) is 3.73. The van der Waals surface area contributed by atoms with Crippen molar-refractivity contribution in [3.63, 3.8) is 0 Å². The van der Waals surface area contributed by atoms with Crippen molar-refractivity contribution in [2.45, 2.75) is 13.0 Å². The van der Waals surface area contributed by atoms with Crippen LogP contribution in [0.25, 0.3) is 0 Å². The Balaban J connectivity index is 2.39. The van der Waals surface area contributed by atoms with E-state index in [-0.39, 0.29) is 6.04 Å². The van der Waals surface area contributed by atoms with Gasteiger partial charge in [-0.05, 0) is 52.7 Å². The predicted molar refractivity (Wildman–Crippen MR) is 79.2 cm³/mol. The lowest BCUT2D eigenvalue weighted by Gasteiger charge is -2.10. The Morgan fingerprint density at radius 3 is 2.24 bits per heavy atom. The number of benzene rings is 1. The predicted octanol–water partition coefficient (Wildman–Crippen LogP) is 5.17. The molecule has 1 nitrogen and oxygen atoms in total. The van der Waals surface area contributed by atoms with Gasteiger partial charge in [-0.1, -0.05) is 23.2 Å². The van der Waals surface area contributed by atoms with Gasteiger partial charge in [0.15, 0.2) is 0 Å². The second-order valence-corrected chi connectivity index (χ2v) is 6.75. The minimum atomic E-state index is -0.193. The van der Waals surface area contributed by atoms with Crippen molar-refractivity contribution in [3.8, 4) is 0 Å². The van der Waals surface area contributed by atoms with Crippen LogP contribution in [-0.4, -0.2) is 0 Å². The molecule has 0 fully saturated rings. The number of aryl methyl sites for hydroxylation is 1. The van der Waals surface area contributed by atoms with Gasteiger partial charge in [-0.2, -0.15) is 0 Å². The summed E-state index contributed by atoms with van der Waals surface area (Å²) < 4.78 is 1.08. The normalized spacial score (nSPS) is 12.8. The summed E-state index contributed by atoms with van der Waals surface area (Å²) in [6, 6.07) is 7.25. The smallest absolute Gasteiger partial charge is 0.0647 e. The number of halogens is 3. The van der Waals surface area contributed by atoms with Crippen LogP contribution >= 0.6 is 50.5 Å². The molecule has 0 saturated carbocycles. The minimum absolute atomic E-state index is 0.193. The van der Waals surface area contributed by atoms with Gasteiger partial charge in [0.05, 0.1) is 6.04 Å². The molecule has 0 saturated heterocycles. The third kappa shape index (κ3) is 3.04. The summed E-state index contributed by atoms with van der Waals surface area (Å²) in [6.07, 6.45) is 0. The Hall–Kier alpha value is -0.0600. The Labute approximate surface area is 123 Å². The van der Waals surface area contributed by atoms with E-state index in [9.17, 15) is 0 Å². The average molecular weight is 351 g/mol. The number of nitrogens with two attached hydrogens (primary N) is 1. The third-order valence-electron chi connectivity index (χ3n) is 2.43. The van der Waals surface area contributed by atoms with Gasteiger partial charge in [-0.25, -0.2) is 0 Å². The second kappa shape index (κ2) is 5.29. The van der Waals surface area contributed by atoms with Gasteiger partial charge >= 0.3 is 0 Å². The van der Waals surface area contributed by atoms with Crippen LogP contribution in [0.3, 0.4) is 0 Å². The molecular weight excluding hydrogens is 341 g/mol. The topological polar surface area (TPSA) is 26.0 Å². The van der Waals surface area contributed by atoms with Gasteiger partial charge in [0.1, 0.15) is 0 Å². The van der Waals surface area contributed by atoms with E-state index in [0.29, 0.717) is 10.0 Å². The van der Waals surface area contributed by atoms with Crippen LogP contribution in [0.1, 0.15) is 21.4 Å². The van der Waals surface area contributed by atoms with Gasteiger partial charge in [0.25, 0.3) is 0 Å². The summed E-state index contributed by atoms with van der Waals surface area (Å²) >= 11 is 17.1. The maximum atomic E-state index is 6.21. The fourth-order valence-electron chi connectivity index (χ4n) is 1.55. The van der Waals surface area contributed by atoms with Gasteiger partial charge in [0.2, 0.25) is 0 Å². The monoisotopic (exact) mass is 349 g/mol. The van der Waals surface area contributed by atoms with Crippen LogP contribution in [0.5, 0.6) is 0 Å². The van der Waals surface area contributed by atoms with E-state index < -0.39 is 0 Å². The Morgan fingerprint density at radius 2 is 1.76 bits per heavy atom. The standard InChI is InChI=1S/C12H10BrCl2NS/c1-6-10(13)5-11(17-6)12(16)7-2-8(14)4-9(15)3-7/h2-5,12H,16H2,1H3. The van der Waals surface area contributed by atoms with Crippen molar-refractivity contribution in [2.75, 3.05) is 0 Å². The SMILES string of the molecule is Cc1sc(C(N)c2cc(Cl)cc(Cl)c2)cc1Br. The summed E-state index contributed by atoms with van der Waals surface area (Å²) in [5.74, 6) is 0. The van der Waals surface area contributed by atoms with Gasteiger partial charge in [-0.15, -0.1) is 11.3 Å². The highest BCUT2D eigenvalue weighted by molar-refractivity contribution is 9.10. The van der Waals surface area contributed by atoms with E-state index in [1.807, 2.05) is 18.2 Å². The molecule has 0 bridgehead atoms. The molecule has 0 aliphatic carbocycles. The molecule has 2 rings (SSSR count). The molecule has 2 N–H and O–H groups in total. The molecule has 1 heterocycles. The van der Waals surface area contributed by atoms with Crippen LogP contribution in [0, 0.1) is 6.92 Å². The first-order chi connectivity index (χ1) is 7.97. The molecule has 5 heteroatoms. The summed E-state index contributed by atoms with van der Waals surface area (Å²) in [5, 5.41) is 1.21. The molecule has 90 valence electrons. The lowest BCUT2D eigenvalue weighted by atomic mass is 10.1.